The summed E-state index contributed by atoms with van der Waals surface area (Å²) >= 11 is 0. The number of hydrogen-bond donors (Lipinski definition) is 0. The molecule has 2 saturated heterocycles. The number of para-hydroxylation sites is 2. The SMILES string of the molecule is O=C(CN1C(=O)C2(OCCO2)c2ccccc21)CN1C(=O)C2(OCCO2)c2ccccc21. The zero-order valence-electron chi connectivity index (χ0n) is 17.1. The highest BCUT2D eigenvalue weighted by Gasteiger charge is 2.58. The summed E-state index contributed by atoms with van der Waals surface area (Å²) in [6.45, 7) is 0.744. The van der Waals surface area contributed by atoms with E-state index >= 15 is 0 Å². The Bertz CT molecular complexity index is 1050. The maximum atomic E-state index is 13.2. The topological polar surface area (TPSA) is 94.6 Å². The summed E-state index contributed by atoms with van der Waals surface area (Å²) in [6, 6.07) is 14.2. The third-order valence-corrected chi connectivity index (χ3v) is 6.21. The second kappa shape index (κ2) is 6.94. The van der Waals surface area contributed by atoms with Crippen molar-refractivity contribution < 1.29 is 33.3 Å². The molecule has 0 aliphatic carbocycles. The summed E-state index contributed by atoms with van der Waals surface area (Å²) < 4.78 is 22.8. The Morgan fingerprint density at radius 3 is 1.47 bits per heavy atom. The van der Waals surface area contributed by atoms with Crippen LogP contribution in [-0.2, 0) is 44.9 Å². The van der Waals surface area contributed by atoms with Crippen LogP contribution in [0.1, 0.15) is 11.1 Å². The molecule has 164 valence electrons. The van der Waals surface area contributed by atoms with E-state index in [1.54, 1.807) is 48.5 Å². The zero-order chi connectivity index (χ0) is 21.9. The highest BCUT2D eigenvalue weighted by molar-refractivity contribution is 6.12. The minimum Gasteiger partial charge on any atom is -0.336 e. The smallest absolute Gasteiger partial charge is 0.292 e. The lowest BCUT2D eigenvalue weighted by Crippen LogP contribution is -2.47. The van der Waals surface area contributed by atoms with Crippen molar-refractivity contribution in [2.24, 2.45) is 0 Å². The molecule has 2 fully saturated rings. The predicted octanol–water partition coefficient (Wildman–Crippen LogP) is 1.05. The molecule has 6 rings (SSSR count). The molecule has 4 aliphatic heterocycles. The average molecular weight is 436 g/mol. The summed E-state index contributed by atoms with van der Waals surface area (Å²) in [4.78, 5) is 42.3. The molecule has 0 atom stereocenters. The van der Waals surface area contributed by atoms with Gasteiger partial charge in [0.25, 0.3) is 23.4 Å². The van der Waals surface area contributed by atoms with E-state index in [-0.39, 0.29) is 18.9 Å². The van der Waals surface area contributed by atoms with Crippen LogP contribution in [0.3, 0.4) is 0 Å². The summed E-state index contributed by atoms with van der Waals surface area (Å²) in [7, 11) is 0. The fourth-order valence-electron chi connectivity index (χ4n) is 4.88. The van der Waals surface area contributed by atoms with Crippen LogP contribution >= 0.6 is 0 Å². The summed E-state index contributed by atoms with van der Waals surface area (Å²) in [5, 5.41) is 0. The Hall–Kier alpha value is -3.11. The second-order valence-electron chi connectivity index (χ2n) is 7.98. The maximum absolute atomic E-state index is 13.2. The lowest BCUT2D eigenvalue weighted by atomic mass is 10.1. The summed E-state index contributed by atoms with van der Waals surface area (Å²) in [6.07, 6.45) is 0. The molecule has 32 heavy (non-hydrogen) atoms. The molecule has 9 heteroatoms. The summed E-state index contributed by atoms with van der Waals surface area (Å²) in [5.41, 5.74) is 2.31. The van der Waals surface area contributed by atoms with Crippen LogP contribution in [0.5, 0.6) is 0 Å². The van der Waals surface area contributed by atoms with Gasteiger partial charge in [0, 0.05) is 11.1 Å². The first-order valence-corrected chi connectivity index (χ1v) is 10.5. The van der Waals surface area contributed by atoms with E-state index in [1.807, 2.05) is 0 Å². The van der Waals surface area contributed by atoms with Gasteiger partial charge in [-0.1, -0.05) is 36.4 Å². The molecule has 0 N–H and O–H groups in total. The van der Waals surface area contributed by atoms with E-state index in [4.69, 9.17) is 18.9 Å². The van der Waals surface area contributed by atoms with Crippen LogP contribution in [0.15, 0.2) is 48.5 Å². The molecule has 2 spiro atoms. The van der Waals surface area contributed by atoms with Gasteiger partial charge in [0.05, 0.1) is 50.9 Å². The fourth-order valence-corrected chi connectivity index (χ4v) is 4.88. The number of anilines is 2. The molecule has 2 aromatic carbocycles. The maximum Gasteiger partial charge on any atom is 0.292 e. The number of carbonyl (C=O) groups is 3. The van der Waals surface area contributed by atoms with Crippen molar-refractivity contribution in [1.29, 1.82) is 0 Å². The van der Waals surface area contributed by atoms with Crippen molar-refractivity contribution in [2.45, 2.75) is 11.6 Å². The number of amides is 2. The molecular weight excluding hydrogens is 416 g/mol. The fraction of sp³-hybridized carbons (Fsp3) is 0.348. The Morgan fingerprint density at radius 2 is 1.06 bits per heavy atom. The van der Waals surface area contributed by atoms with Crippen LogP contribution in [0, 0.1) is 0 Å². The molecule has 0 saturated carbocycles. The lowest BCUT2D eigenvalue weighted by Gasteiger charge is -2.24. The van der Waals surface area contributed by atoms with E-state index in [9.17, 15) is 14.4 Å². The minimum absolute atomic E-state index is 0.217. The number of hydrogen-bond acceptors (Lipinski definition) is 7. The first-order valence-electron chi connectivity index (χ1n) is 10.5. The van der Waals surface area contributed by atoms with E-state index in [2.05, 4.69) is 0 Å². The molecule has 0 radical (unpaired) electrons. The molecule has 0 bridgehead atoms. The Labute approximate surface area is 183 Å². The Kier molecular flexibility index (Phi) is 4.25. The van der Waals surface area contributed by atoms with Crippen LogP contribution in [-0.4, -0.2) is 57.1 Å². The standard InChI is InChI=1S/C23H20N2O7/c26-15(13-24-18-7-3-1-5-16(18)22(20(24)27)29-9-10-30-22)14-25-19-8-4-2-6-17(19)23(21(25)28)31-11-12-32-23/h1-8H,9-14H2. The molecule has 4 heterocycles. The first kappa shape index (κ1) is 19.6. The number of Topliss-reactive ketones (excluding diaryl/α,β-unsaturated/α-hetero) is 1. The molecule has 4 aliphatic rings. The van der Waals surface area contributed by atoms with E-state index in [1.165, 1.54) is 9.80 Å². The van der Waals surface area contributed by atoms with Gasteiger partial charge in [-0.05, 0) is 12.1 Å². The largest absolute Gasteiger partial charge is 0.336 e. The highest BCUT2D eigenvalue weighted by atomic mass is 16.7. The van der Waals surface area contributed by atoms with E-state index < -0.39 is 23.4 Å². The third kappa shape index (κ3) is 2.50. The van der Waals surface area contributed by atoms with Crippen LogP contribution in [0.2, 0.25) is 0 Å². The van der Waals surface area contributed by atoms with Crippen LogP contribution in [0.25, 0.3) is 0 Å². The van der Waals surface area contributed by atoms with Crippen molar-refractivity contribution in [1.82, 2.24) is 0 Å². The number of ether oxygens (including phenoxy) is 4. The Morgan fingerprint density at radius 1 is 0.688 bits per heavy atom. The van der Waals surface area contributed by atoms with Crippen molar-refractivity contribution in [3.63, 3.8) is 0 Å². The van der Waals surface area contributed by atoms with E-state index in [0.29, 0.717) is 48.9 Å². The quantitative estimate of drug-likeness (QED) is 0.707. The molecule has 9 nitrogen and oxygen atoms in total. The number of carbonyl (C=O) groups excluding carboxylic acids is 3. The zero-order valence-corrected chi connectivity index (χ0v) is 17.1. The van der Waals surface area contributed by atoms with Gasteiger partial charge in [-0.25, -0.2) is 0 Å². The summed E-state index contributed by atoms with van der Waals surface area (Å²) in [5.74, 6) is -4.18. The van der Waals surface area contributed by atoms with E-state index in [0.717, 1.165) is 0 Å². The average Bonchev–Trinajstić information content (AvgIpc) is 3.58. The van der Waals surface area contributed by atoms with Crippen molar-refractivity contribution in [3.05, 3.63) is 59.7 Å². The van der Waals surface area contributed by atoms with Crippen LogP contribution in [0.4, 0.5) is 11.4 Å². The highest BCUT2D eigenvalue weighted by Crippen LogP contribution is 2.47. The van der Waals surface area contributed by atoms with Gasteiger partial charge in [0.2, 0.25) is 0 Å². The number of ketones is 1. The molecule has 2 aromatic rings. The van der Waals surface area contributed by atoms with Gasteiger partial charge in [0.1, 0.15) is 0 Å². The van der Waals surface area contributed by atoms with Gasteiger partial charge in [-0.2, -0.15) is 0 Å². The normalized spacial score (nSPS) is 22.2. The monoisotopic (exact) mass is 436 g/mol. The van der Waals surface area contributed by atoms with Crippen LogP contribution < -0.4 is 9.80 Å². The predicted molar refractivity (Wildman–Crippen MR) is 110 cm³/mol. The van der Waals surface area contributed by atoms with Crippen molar-refractivity contribution >= 4 is 29.0 Å². The van der Waals surface area contributed by atoms with Gasteiger partial charge in [-0.15, -0.1) is 0 Å². The minimum atomic E-state index is -1.50. The van der Waals surface area contributed by atoms with Gasteiger partial charge in [-0.3, -0.25) is 24.2 Å². The second-order valence-corrected chi connectivity index (χ2v) is 7.98. The van der Waals surface area contributed by atoms with Gasteiger partial charge >= 0.3 is 0 Å². The molecule has 0 unspecified atom stereocenters. The third-order valence-electron chi connectivity index (χ3n) is 6.21. The van der Waals surface area contributed by atoms with Gasteiger partial charge in [0.15, 0.2) is 5.78 Å². The Balaban J connectivity index is 1.27. The van der Waals surface area contributed by atoms with Crippen molar-refractivity contribution in [2.75, 3.05) is 49.3 Å². The number of rotatable bonds is 4. The number of benzene rings is 2. The lowest BCUT2D eigenvalue weighted by molar-refractivity contribution is -0.181. The van der Waals surface area contributed by atoms with Crippen molar-refractivity contribution in [3.8, 4) is 0 Å². The van der Waals surface area contributed by atoms with Gasteiger partial charge < -0.3 is 18.9 Å². The number of fused-ring (bicyclic) bond motifs is 4. The first-order chi connectivity index (χ1) is 15.6. The molecular formula is C23H20N2O7. The molecule has 2 amide bonds. The number of nitrogens with zero attached hydrogens (tertiary/aromatic N) is 2. The molecule has 0 aromatic heterocycles.